The van der Waals surface area contributed by atoms with Crippen molar-refractivity contribution in [2.75, 3.05) is 34.4 Å². The van der Waals surface area contributed by atoms with Crippen molar-refractivity contribution in [2.45, 2.75) is 50.3 Å². The minimum atomic E-state index is -1.25. The predicted octanol–water partition coefficient (Wildman–Crippen LogP) is 2.90. The van der Waals surface area contributed by atoms with Gasteiger partial charge in [0.15, 0.2) is 11.5 Å². The maximum atomic E-state index is 13.9. The van der Waals surface area contributed by atoms with Gasteiger partial charge in [-0.2, -0.15) is 0 Å². The van der Waals surface area contributed by atoms with Gasteiger partial charge in [0.1, 0.15) is 18.2 Å². The number of benzene rings is 2. The van der Waals surface area contributed by atoms with Crippen molar-refractivity contribution in [3.8, 4) is 17.2 Å². The molecule has 0 saturated carbocycles. The lowest BCUT2D eigenvalue weighted by atomic mass is 9.86. The summed E-state index contributed by atoms with van der Waals surface area (Å²) in [5.74, 6) is 0.444. The molecule has 10 heteroatoms. The number of carbonyl (C=O) groups excluding carboxylic acids is 3. The summed E-state index contributed by atoms with van der Waals surface area (Å²) >= 11 is 0. The number of ether oxygens (including phenoxy) is 4. The van der Waals surface area contributed by atoms with Crippen molar-refractivity contribution in [1.29, 1.82) is 0 Å². The molecule has 2 heterocycles. The Kier molecular flexibility index (Phi) is 8.29. The van der Waals surface area contributed by atoms with Crippen molar-refractivity contribution < 1.29 is 33.3 Å². The molecule has 2 N–H and O–H groups in total. The first-order valence-electron chi connectivity index (χ1n) is 12.7. The quantitative estimate of drug-likeness (QED) is 0.534. The van der Waals surface area contributed by atoms with Crippen LogP contribution in [-0.2, 0) is 27.4 Å². The number of amides is 3. The van der Waals surface area contributed by atoms with E-state index in [1.807, 2.05) is 30.3 Å². The number of hydrogen-bond acceptors (Lipinski definition) is 7. The molecule has 1 unspecified atom stereocenters. The Balaban J connectivity index is 1.56. The summed E-state index contributed by atoms with van der Waals surface area (Å²) in [6.07, 6.45) is 1.82. The number of primary amides is 1. The first kappa shape index (κ1) is 27.1. The maximum Gasteiger partial charge on any atom is 0.410 e. The van der Waals surface area contributed by atoms with Crippen LogP contribution in [0, 0.1) is 0 Å². The monoisotopic (exact) mass is 525 g/mol. The largest absolute Gasteiger partial charge is 0.493 e. The van der Waals surface area contributed by atoms with E-state index in [1.54, 1.807) is 17.0 Å². The van der Waals surface area contributed by atoms with E-state index < -0.39 is 23.6 Å². The molecule has 204 valence electrons. The molecule has 2 aromatic rings. The van der Waals surface area contributed by atoms with E-state index in [0.717, 1.165) is 5.56 Å². The highest BCUT2D eigenvalue weighted by Gasteiger charge is 2.51. The van der Waals surface area contributed by atoms with Gasteiger partial charge in [-0.1, -0.05) is 30.3 Å². The molecule has 0 aliphatic carbocycles. The fraction of sp³-hybridized carbons (Fsp3) is 0.464. The Morgan fingerprint density at radius 3 is 2.24 bits per heavy atom. The van der Waals surface area contributed by atoms with Gasteiger partial charge in [0, 0.05) is 19.5 Å². The van der Waals surface area contributed by atoms with Crippen LogP contribution in [0.1, 0.15) is 36.8 Å². The van der Waals surface area contributed by atoms with Gasteiger partial charge in [-0.15, -0.1) is 0 Å². The van der Waals surface area contributed by atoms with Crippen molar-refractivity contribution in [3.63, 3.8) is 0 Å². The van der Waals surface area contributed by atoms with Gasteiger partial charge in [-0.25, -0.2) is 4.79 Å². The zero-order chi connectivity index (χ0) is 27.3. The third-order valence-electron chi connectivity index (χ3n) is 7.41. The molecular formula is C28H35N3O7. The summed E-state index contributed by atoms with van der Waals surface area (Å²) < 4.78 is 21.9. The number of nitrogens with two attached hydrogens (primary N) is 1. The van der Waals surface area contributed by atoms with Gasteiger partial charge >= 0.3 is 6.09 Å². The van der Waals surface area contributed by atoms with E-state index in [-0.39, 0.29) is 18.9 Å². The van der Waals surface area contributed by atoms with Crippen LogP contribution in [0.15, 0.2) is 42.5 Å². The molecule has 2 fully saturated rings. The Morgan fingerprint density at radius 1 is 0.947 bits per heavy atom. The Bertz CT molecular complexity index is 1150. The van der Waals surface area contributed by atoms with Gasteiger partial charge in [-0.3, -0.25) is 14.5 Å². The number of nitrogens with zero attached hydrogens (tertiary/aromatic N) is 2. The van der Waals surface area contributed by atoms with Crippen molar-refractivity contribution >= 4 is 17.9 Å². The lowest BCUT2D eigenvalue weighted by molar-refractivity contribution is -0.146. The first-order valence-corrected chi connectivity index (χ1v) is 12.7. The lowest BCUT2D eigenvalue weighted by Crippen LogP contribution is -2.61. The van der Waals surface area contributed by atoms with Crippen molar-refractivity contribution in [3.05, 3.63) is 53.6 Å². The summed E-state index contributed by atoms with van der Waals surface area (Å²) in [5, 5.41) is 0. The summed E-state index contributed by atoms with van der Waals surface area (Å²) in [4.78, 5) is 42.9. The normalized spacial score (nSPS) is 20.8. The molecule has 2 saturated heterocycles. The standard InChI is InChI=1S/C28H35N3O7/c1-35-22-15-20(16-23(36-2)24(22)37-3)17-28(26(29)33)12-8-14-31(28)25(32)21-11-7-13-30(21)27(34)38-18-19-9-5-4-6-10-19/h4-6,9-10,15-16,21H,7-8,11-14,17-18H2,1-3H3,(H2,29,33)/t21-,28?/m0/s1. The molecule has 0 radical (unpaired) electrons. The van der Waals surface area contributed by atoms with Crippen LogP contribution < -0.4 is 19.9 Å². The Morgan fingerprint density at radius 2 is 1.63 bits per heavy atom. The molecule has 2 aliphatic rings. The molecule has 0 aromatic heterocycles. The van der Waals surface area contributed by atoms with Crippen LogP contribution in [-0.4, -0.2) is 73.7 Å². The first-order chi connectivity index (χ1) is 18.3. The van der Waals surface area contributed by atoms with E-state index in [9.17, 15) is 14.4 Å². The van der Waals surface area contributed by atoms with E-state index in [0.29, 0.717) is 61.6 Å². The average Bonchev–Trinajstić information content (AvgIpc) is 3.60. The average molecular weight is 526 g/mol. The number of methoxy groups -OCH3 is 3. The molecular weight excluding hydrogens is 490 g/mol. The predicted molar refractivity (Wildman–Crippen MR) is 139 cm³/mol. The summed E-state index contributed by atoms with van der Waals surface area (Å²) in [5.41, 5.74) is 6.31. The second-order valence-electron chi connectivity index (χ2n) is 9.59. The topological polar surface area (TPSA) is 121 Å². The Hall–Kier alpha value is -3.95. The van der Waals surface area contributed by atoms with Gasteiger partial charge in [0.05, 0.1) is 21.3 Å². The second-order valence-corrected chi connectivity index (χ2v) is 9.59. The molecule has 2 aromatic carbocycles. The number of likely N-dealkylation sites (tertiary alicyclic amines) is 2. The second kappa shape index (κ2) is 11.6. The molecule has 10 nitrogen and oxygen atoms in total. The smallest absolute Gasteiger partial charge is 0.410 e. The van der Waals surface area contributed by atoms with E-state index in [2.05, 4.69) is 0 Å². The highest BCUT2D eigenvalue weighted by atomic mass is 16.6. The highest BCUT2D eigenvalue weighted by Crippen LogP contribution is 2.41. The van der Waals surface area contributed by atoms with Crippen LogP contribution in [0.25, 0.3) is 0 Å². The van der Waals surface area contributed by atoms with Crippen molar-refractivity contribution in [2.24, 2.45) is 5.73 Å². The molecule has 38 heavy (non-hydrogen) atoms. The van der Waals surface area contributed by atoms with Crippen LogP contribution in [0.3, 0.4) is 0 Å². The van der Waals surface area contributed by atoms with Crippen LogP contribution >= 0.6 is 0 Å². The van der Waals surface area contributed by atoms with E-state index in [4.69, 9.17) is 24.7 Å². The summed E-state index contributed by atoms with van der Waals surface area (Å²) in [6, 6.07) is 12.2. The zero-order valence-corrected chi connectivity index (χ0v) is 22.1. The SMILES string of the molecule is COc1cc(CC2(C(N)=O)CCCN2C(=O)[C@@H]2CCCN2C(=O)OCc2ccccc2)cc(OC)c1OC. The van der Waals surface area contributed by atoms with Gasteiger partial charge in [0.25, 0.3) is 0 Å². The number of rotatable bonds is 9. The molecule has 3 amide bonds. The highest BCUT2D eigenvalue weighted by molar-refractivity contribution is 5.94. The van der Waals surface area contributed by atoms with Crippen LogP contribution in [0.4, 0.5) is 4.79 Å². The van der Waals surface area contributed by atoms with E-state index >= 15 is 0 Å². The molecule has 0 spiro atoms. The molecule has 2 atom stereocenters. The van der Waals surface area contributed by atoms with Crippen LogP contribution in [0.2, 0.25) is 0 Å². The van der Waals surface area contributed by atoms with Gasteiger partial charge in [-0.05, 0) is 48.9 Å². The fourth-order valence-electron chi connectivity index (χ4n) is 5.53. The summed E-state index contributed by atoms with van der Waals surface area (Å²) in [7, 11) is 4.55. The number of carbonyl (C=O) groups is 3. The minimum Gasteiger partial charge on any atom is -0.493 e. The number of hydrogen-bond donors (Lipinski definition) is 1. The molecule has 0 bridgehead atoms. The van der Waals surface area contributed by atoms with Crippen molar-refractivity contribution in [1.82, 2.24) is 9.80 Å². The maximum absolute atomic E-state index is 13.9. The zero-order valence-electron chi connectivity index (χ0n) is 22.1. The fourth-order valence-corrected chi connectivity index (χ4v) is 5.53. The summed E-state index contributed by atoms with van der Waals surface area (Å²) in [6.45, 7) is 0.900. The lowest BCUT2D eigenvalue weighted by Gasteiger charge is -2.38. The van der Waals surface area contributed by atoms with Gasteiger partial charge in [0.2, 0.25) is 17.6 Å². The molecule has 4 rings (SSSR count). The minimum absolute atomic E-state index is 0.118. The Labute approximate surface area is 222 Å². The third kappa shape index (κ3) is 5.20. The van der Waals surface area contributed by atoms with Gasteiger partial charge < -0.3 is 29.6 Å². The third-order valence-corrected chi connectivity index (χ3v) is 7.41. The van der Waals surface area contributed by atoms with Crippen LogP contribution in [0.5, 0.6) is 17.2 Å². The molecule has 2 aliphatic heterocycles. The van der Waals surface area contributed by atoms with E-state index in [1.165, 1.54) is 26.2 Å².